The third kappa shape index (κ3) is 4.35. The lowest BCUT2D eigenvalue weighted by Gasteiger charge is -2.28. The Hall–Kier alpha value is -2.47. The molecule has 182 valence electrons. The largest absolute Gasteiger partial charge is 0.379 e. The molecule has 0 spiro atoms. The summed E-state index contributed by atoms with van der Waals surface area (Å²) in [6.07, 6.45) is 6.40. The molecule has 4 aromatic rings. The van der Waals surface area contributed by atoms with Crippen molar-refractivity contribution in [3.8, 4) is 5.69 Å². The maximum absolute atomic E-state index is 13.1. The minimum Gasteiger partial charge on any atom is -0.379 e. The number of sulfonamides is 1. The fourth-order valence-corrected chi connectivity index (χ4v) is 7.60. The van der Waals surface area contributed by atoms with E-state index >= 15 is 0 Å². The van der Waals surface area contributed by atoms with Crippen LogP contribution in [0.5, 0.6) is 0 Å². The maximum atomic E-state index is 13.1. The van der Waals surface area contributed by atoms with Crippen molar-refractivity contribution >= 4 is 47.9 Å². The van der Waals surface area contributed by atoms with Gasteiger partial charge in [0.15, 0.2) is 5.65 Å². The van der Waals surface area contributed by atoms with Crippen LogP contribution in [-0.4, -0.2) is 69.0 Å². The number of pyridine rings is 1. The Bertz CT molecular complexity index is 1500. The van der Waals surface area contributed by atoms with Crippen molar-refractivity contribution in [3.63, 3.8) is 0 Å². The van der Waals surface area contributed by atoms with Crippen molar-refractivity contribution in [1.82, 2.24) is 29.0 Å². The second-order valence-electron chi connectivity index (χ2n) is 9.17. The van der Waals surface area contributed by atoms with Gasteiger partial charge >= 0.3 is 0 Å². The molecule has 0 radical (unpaired) electrons. The Morgan fingerprint density at radius 2 is 1.97 bits per heavy atom. The average molecular weight is 557 g/mol. The van der Waals surface area contributed by atoms with Gasteiger partial charge in [0, 0.05) is 37.3 Å². The molecule has 3 aromatic heterocycles. The van der Waals surface area contributed by atoms with Gasteiger partial charge in [-0.15, -0.1) is 0 Å². The quantitative estimate of drug-likeness (QED) is 0.370. The van der Waals surface area contributed by atoms with E-state index in [2.05, 4.69) is 31.0 Å². The van der Waals surface area contributed by atoms with Gasteiger partial charge in [-0.3, -0.25) is 4.98 Å². The molecule has 35 heavy (non-hydrogen) atoms. The Balaban J connectivity index is 1.25. The lowest BCUT2D eigenvalue weighted by Crippen LogP contribution is -2.44. The van der Waals surface area contributed by atoms with E-state index in [1.807, 2.05) is 35.0 Å². The normalized spacial score (nSPS) is 21.7. The summed E-state index contributed by atoms with van der Waals surface area (Å²) in [6.45, 7) is 1.85. The molecule has 0 bridgehead atoms. The molecular weight excluding hydrogens is 532 g/mol. The number of halogens is 1. The SMILES string of the molecule is O=S(=O)([C@@H]1CC[C@@H](Cc2ncc3c(Br)nn(-c4ccc5ncccc5c4)c3n2)C1)N1CCOCC1. The lowest BCUT2D eigenvalue weighted by atomic mass is 10.0. The van der Waals surface area contributed by atoms with Gasteiger partial charge in [0.05, 0.1) is 35.1 Å². The van der Waals surface area contributed by atoms with Crippen LogP contribution in [0.1, 0.15) is 25.1 Å². The molecule has 1 aliphatic heterocycles. The Kier molecular flexibility index (Phi) is 6.03. The molecule has 1 aliphatic carbocycles. The van der Waals surface area contributed by atoms with Gasteiger partial charge in [0.2, 0.25) is 10.0 Å². The number of benzene rings is 1. The highest BCUT2D eigenvalue weighted by Gasteiger charge is 2.38. The van der Waals surface area contributed by atoms with Crippen LogP contribution in [0.4, 0.5) is 0 Å². The molecule has 2 fully saturated rings. The number of rotatable bonds is 5. The first-order chi connectivity index (χ1) is 17.0. The predicted octanol–water partition coefficient (Wildman–Crippen LogP) is 3.50. The summed E-state index contributed by atoms with van der Waals surface area (Å²) >= 11 is 3.54. The molecule has 2 aliphatic rings. The summed E-state index contributed by atoms with van der Waals surface area (Å²) in [5, 5.41) is 6.18. The molecule has 1 saturated carbocycles. The fraction of sp³-hybridized carbons (Fsp3) is 0.417. The summed E-state index contributed by atoms with van der Waals surface area (Å²) in [4.78, 5) is 13.8. The van der Waals surface area contributed by atoms with Gasteiger partial charge in [0.25, 0.3) is 0 Å². The molecule has 1 saturated heterocycles. The number of hydrogen-bond donors (Lipinski definition) is 0. The molecular formula is C24H25BrN6O3S. The van der Waals surface area contributed by atoms with Gasteiger partial charge in [0.1, 0.15) is 10.4 Å². The summed E-state index contributed by atoms with van der Waals surface area (Å²) in [7, 11) is -3.29. The number of fused-ring (bicyclic) bond motifs is 2. The first-order valence-electron chi connectivity index (χ1n) is 11.8. The minimum atomic E-state index is -3.29. The number of ether oxygens (including phenoxy) is 1. The van der Waals surface area contributed by atoms with Crippen LogP contribution in [0.15, 0.2) is 47.3 Å². The van der Waals surface area contributed by atoms with E-state index in [0.717, 1.165) is 34.0 Å². The highest BCUT2D eigenvalue weighted by atomic mass is 79.9. The van der Waals surface area contributed by atoms with E-state index in [0.29, 0.717) is 56.0 Å². The van der Waals surface area contributed by atoms with Crippen LogP contribution < -0.4 is 0 Å². The van der Waals surface area contributed by atoms with E-state index in [9.17, 15) is 8.42 Å². The molecule has 0 N–H and O–H groups in total. The van der Waals surface area contributed by atoms with E-state index in [1.54, 1.807) is 16.7 Å². The molecule has 2 atom stereocenters. The van der Waals surface area contributed by atoms with Crippen LogP contribution in [0, 0.1) is 5.92 Å². The van der Waals surface area contributed by atoms with Crippen molar-refractivity contribution in [3.05, 3.63) is 53.2 Å². The van der Waals surface area contributed by atoms with Gasteiger partial charge < -0.3 is 4.74 Å². The van der Waals surface area contributed by atoms with Crippen molar-refractivity contribution in [2.24, 2.45) is 5.92 Å². The second-order valence-corrected chi connectivity index (χ2v) is 12.1. The molecule has 6 rings (SSSR count). The second kappa shape index (κ2) is 9.20. The summed E-state index contributed by atoms with van der Waals surface area (Å²) < 4.78 is 35.6. The number of aromatic nitrogens is 5. The zero-order valence-electron chi connectivity index (χ0n) is 19.0. The van der Waals surface area contributed by atoms with Crippen LogP contribution in [0.2, 0.25) is 0 Å². The van der Waals surface area contributed by atoms with E-state index in [1.165, 1.54) is 0 Å². The van der Waals surface area contributed by atoms with Gasteiger partial charge in [-0.25, -0.2) is 23.1 Å². The van der Waals surface area contributed by atoms with Gasteiger partial charge in [-0.1, -0.05) is 6.07 Å². The summed E-state index contributed by atoms with van der Waals surface area (Å²) in [5.41, 5.74) is 2.54. The molecule has 4 heterocycles. The van der Waals surface area contributed by atoms with Crippen molar-refractivity contribution < 1.29 is 13.2 Å². The molecule has 0 amide bonds. The lowest BCUT2D eigenvalue weighted by molar-refractivity contribution is 0.0726. The molecule has 1 aromatic carbocycles. The average Bonchev–Trinajstić information content (AvgIpc) is 3.49. The standard InChI is InChI=1S/C24H25BrN6O3S/c25-23-20-15-27-22(13-16-3-5-19(12-16)35(32,33)30-8-10-34-11-9-30)28-24(20)31(29-23)18-4-6-21-17(14-18)2-1-7-26-21/h1-2,4,6-7,14-16,19H,3,5,8-13H2/t16-,19-/m1/s1. The first kappa shape index (κ1) is 23.0. The van der Waals surface area contributed by atoms with Crippen LogP contribution in [0.3, 0.4) is 0 Å². The summed E-state index contributed by atoms with van der Waals surface area (Å²) in [5.74, 6) is 0.947. The van der Waals surface area contributed by atoms with E-state index < -0.39 is 10.0 Å². The van der Waals surface area contributed by atoms with Crippen LogP contribution in [0.25, 0.3) is 27.6 Å². The number of hydrogen-bond acceptors (Lipinski definition) is 7. The zero-order chi connectivity index (χ0) is 24.0. The Labute approximate surface area is 211 Å². The van der Waals surface area contributed by atoms with E-state index in [-0.39, 0.29) is 11.2 Å². The molecule has 11 heteroatoms. The smallest absolute Gasteiger partial charge is 0.217 e. The van der Waals surface area contributed by atoms with Crippen LogP contribution in [-0.2, 0) is 21.2 Å². The molecule has 9 nitrogen and oxygen atoms in total. The van der Waals surface area contributed by atoms with Crippen molar-refractivity contribution in [1.29, 1.82) is 0 Å². The van der Waals surface area contributed by atoms with Gasteiger partial charge in [-0.05, 0) is 65.4 Å². The van der Waals surface area contributed by atoms with Crippen LogP contribution >= 0.6 is 15.9 Å². The number of morpholine rings is 1. The fourth-order valence-electron chi connectivity index (χ4n) is 5.13. The Morgan fingerprint density at radius 3 is 2.83 bits per heavy atom. The van der Waals surface area contributed by atoms with Crippen molar-refractivity contribution in [2.75, 3.05) is 26.3 Å². The Morgan fingerprint density at radius 1 is 1.11 bits per heavy atom. The predicted molar refractivity (Wildman–Crippen MR) is 136 cm³/mol. The monoisotopic (exact) mass is 556 g/mol. The van der Waals surface area contributed by atoms with E-state index in [4.69, 9.17) is 9.72 Å². The van der Waals surface area contributed by atoms with Crippen molar-refractivity contribution in [2.45, 2.75) is 30.9 Å². The maximum Gasteiger partial charge on any atom is 0.217 e. The topological polar surface area (TPSA) is 103 Å². The third-order valence-corrected chi connectivity index (χ3v) is 9.92. The molecule has 0 unspecified atom stereocenters. The highest BCUT2D eigenvalue weighted by Crippen LogP contribution is 2.34. The minimum absolute atomic E-state index is 0.236. The first-order valence-corrected chi connectivity index (χ1v) is 14.1. The summed E-state index contributed by atoms with van der Waals surface area (Å²) in [6, 6.07) is 9.93. The third-order valence-electron chi connectivity index (χ3n) is 6.98. The highest BCUT2D eigenvalue weighted by molar-refractivity contribution is 9.10. The zero-order valence-corrected chi connectivity index (χ0v) is 21.4. The number of nitrogens with zero attached hydrogens (tertiary/aromatic N) is 6. The van der Waals surface area contributed by atoms with Gasteiger partial charge in [-0.2, -0.15) is 9.40 Å².